The molecule has 128 valence electrons. The summed E-state index contributed by atoms with van der Waals surface area (Å²) in [5.74, 6) is -0.490. The van der Waals surface area contributed by atoms with Crippen molar-refractivity contribution in [2.75, 3.05) is 11.9 Å². The number of carbonyl (C=O) groups excluding carboxylic acids is 2. The molecule has 2 amide bonds. The van der Waals surface area contributed by atoms with E-state index in [1.807, 2.05) is 55.6 Å². The van der Waals surface area contributed by atoms with Gasteiger partial charge < -0.3 is 5.32 Å². The second kappa shape index (κ2) is 7.51. The Morgan fingerprint density at radius 3 is 2.76 bits per heavy atom. The topological polar surface area (TPSA) is 49.4 Å². The number of hydrogen-bond acceptors (Lipinski definition) is 5. The molecule has 1 N–H and O–H groups in total. The van der Waals surface area contributed by atoms with E-state index >= 15 is 0 Å². The Labute approximate surface area is 159 Å². The van der Waals surface area contributed by atoms with Crippen LogP contribution in [0.5, 0.6) is 0 Å². The highest BCUT2D eigenvalue weighted by Crippen LogP contribution is 2.33. The van der Waals surface area contributed by atoms with Gasteiger partial charge in [0.2, 0.25) is 5.91 Å². The van der Waals surface area contributed by atoms with Crippen LogP contribution in [-0.2, 0) is 9.59 Å². The molecule has 0 spiro atoms. The number of thiophene rings is 1. The molecule has 1 aliphatic rings. The number of benzene rings is 1. The van der Waals surface area contributed by atoms with E-state index in [2.05, 4.69) is 5.32 Å². The van der Waals surface area contributed by atoms with Crippen LogP contribution in [0.1, 0.15) is 16.0 Å². The highest BCUT2D eigenvalue weighted by atomic mass is 32.2. The first-order chi connectivity index (χ1) is 11.9. The summed E-state index contributed by atoms with van der Waals surface area (Å²) in [4.78, 5) is 27.7. The Morgan fingerprint density at radius 2 is 2.08 bits per heavy atom. The van der Waals surface area contributed by atoms with Crippen molar-refractivity contribution in [2.24, 2.45) is 0 Å². The van der Waals surface area contributed by atoms with Crippen LogP contribution >= 0.6 is 35.3 Å². The third-order valence-electron chi connectivity index (χ3n) is 3.78. The van der Waals surface area contributed by atoms with E-state index in [9.17, 15) is 9.59 Å². The van der Waals surface area contributed by atoms with Crippen molar-refractivity contribution in [3.8, 4) is 0 Å². The third kappa shape index (κ3) is 4.18. The average molecular weight is 389 g/mol. The molecular weight excluding hydrogens is 372 g/mol. The van der Waals surface area contributed by atoms with Gasteiger partial charge in [-0.2, -0.15) is 0 Å². The molecule has 0 bridgehead atoms. The number of anilines is 1. The zero-order valence-corrected chi connectivity index (χ0v) is 16.2. The number of nitrogens with zero attached hydrogens (tertiary/aromatic N) is 1. The summed E-state index contributed by atoms with van der Waals surface area (Å²) in [5.41, 5.74) is 2.98. The van der Waals surface area contributed by atoms with Crippen molar-refractivity contribution in [1.82, 2.24) is 4.90 Å². The quantitative estimate of drug-likeness (QED) is 0.630. The normalized spacial score (nSPS) is 15.9. The van der Waals surface area contributed by atoms with Gasteiger partial charge in [0.25, 0.3) is 5.91 Å². The van der Waals surface area contributed by atoms with Crippen molar-refractivity contribution in [3.05, 3.63) is 56.6 Å². The number of thiocarbonyl (C=S) groups is 1. The summed E-state index contributed by atoms with van der Waals surface area (Å²) in [7, 11) is 0. The van der Waals surface area contributed by atoms with Gasteiger partial charge in [0, 0.05) is 10.6 Å². The fraction of sp³-hybridized carbons (Fsp3) is 0.167. The molecule has 4 nitrogen and oxygen atoms in total. The maximum absolute atomic E-state index is 12.5. The number of aryl methyl sites for hydroxylation is 2. The molecule has 0 unspecified atom stereocenters. The number of rotatable bonds is 4. The molecule has 1 aliphatic heterocycles. The molecule has 0 saturated carbocycles. The van der Waals surface area contributed by atoms with Crippen LogP contribution in [0.2, 0.25) is 0 Å². The van der Waals surface area contributed by atoms with Crippen molar-refractivity contribution < 1.29 is 9.59 Å². The van der Waals surface area contributed by atoms with Gasteiger partial charge in [0.1, 0.15) is 10.9 Å². The number of hydrogen-bond donors (Lipinski definition) is 1. The number of amides is 2. The molecule has 1 saturated heterocycles. The number of thioether (sulfide) groups is 1. The minimum absolute atomic E-state index is 0.0840. The summed E-state index contributed by atoms with van der Waals surface area (Å²) in [6.45, 7) is 3.92. The van der Waals surface area contributed by atoms with Crippen molar-refractivity contribution >= 4 is 63.2 Å². The lowest BCUT2D eigenvalue weighted by Crippen LogP contribution is -2.36. The van der Waals surface area contributed by atoms with E-state index in [1.165, 1.54) is 16.7 Å². The van der Waals surface area contributed by atoms with Crippen LogP contribution in [0.15, 0.2) is 40.6 Å². The molecule has 0 radical (unpaired) electrons. The van der Waals surface area contributed by atoms with Crippen LogP contribution < -0.4 is 5.32 Å². The fourth-order valence-corrected chi connectivity index (χ4v) is 4.28. The highest BCUT2D eigenvalue weighted by molar-refractivity contribution is 8.26. The first kappa shape index (κ1) is 17.8. The Balaban J connectivity index is 1.67. The van der Waals surface area contributed by atoms with Crippen LogP contribution in [0.4, 0.5) is 5.69 Å². The molecule has 1 fully saturated rings. The molecule has 0 aliphatic carbocycles. The number of carbonyl (C=O) groups is 2. The van der Waals surface area contributed by atoms with Crippen LogP contribution in [-0.4, -0.2) is 27.6 Å². The second-order valence-corrected chi connectivity index (χ2v) is 8.29. The summed E-state index contributed by atoms with van der Waals surface area (Å²) in [6, 6.07) is 9.57. The first-order valence-corrected chi connectivity index (χ1v) is 9.70. The molecule has 1 aromatic heterocycles. The standard InChI is InChI=1S/C18H16N2O2S3/c1-11-5-6-13(8-12(11)2)19-16(21)10-20-17(22)15(25-18(20)23)9-14-4-3-7-24-14/h3-9H,10H2,1-2H3,(H,19,21)/b15-9-. The van der Waals surface area contributed by atoms with E-state index in [4.69, 9.17) is 12.2 Å². The van der Waals surface area contributed by atoms with Gasteiger partial charge in [-0.05, 0) is 54.6 Å². The zero-order valence-electron chi connectivity index (χ0n) is 13.7. The van der Waals surface area contributed by atoms with Crippen LogP contribution in [0, 0.1) is 13.8 Å². The van der Waals surface area contributed by atoms with Crippen molar-refractivity contribution in [2.45, 2.75) is 13.8 Å². The largest absolute Gasteiger partial charge is 0.325 e. The Morgan fingerprint density at radius 1 is 1.28 bits per heavy atom. The average Bonchev–Trinajstić information content (AvgIpc) is 3.15. The minimum atomic E-state index is -0.267. The smallest absolute Gasteiger partial charge is 0.266 e. The molecule has 3 rings (SSSR count). The minimum Gasteiger partial charge on any atom is -0.325 e. The van der Waals surface area contributed by atoms with Gasteiger partial charge in [-0.15, -0.1) is 11.3 Å². The van der Waals surface area contributed by atoms with Gasteiger partial charge in [-0.3, -0.25) is 14.5 Å². The lowest BCUT2D eigenvalue weighted by Gasteiger charge is -2.14. The summed E-state index contributed by atoms with van der Waals surface area (Å²) in [6.07, 6.45) is 1.81. The van der Waals surface area contributed by atoms with Gasteiger partial charge in [-0.1, -0.05) is 36.1 Å². The first-order valence-electron chi connectivity index (χ1n) is 7.60. The van der Waals surface area contributed by atoms with E-state index in [1.54, 1.807) is 11.3 Å². The van der Waals surface area contributed by atoms with Crippen LogP contribution in [0.25, 0.3) is 6.08 Å². The highest BCUT2D eigenvalue weighted by Gasteiger charge is 2.33. The number of nitrogens with one attached hydrogen (secondary N) is 1. The SMILES string of the molecule is Cc1ccc(NC(=O)CN2C(=O)/C(=C/c3cccs3)SC2=S)cc1C. The third-order valence-corrected chi connectivity index (χ3v) is 5.98. The van der Waals surface area contributed by atoms with Crippen LogP contribution in [0.3, 0.4) is 0 Å². The molecule has 0 atom stereocenters. The van der Waals surface area contributed by atoms with Gasteiger partial charge >= 0.3 is 0 Å². The van der Waals surface area contributed by atoms with E-state index < -0.39 is 0 Å². The summed E-state index contributed by atoms with van der Waals surface area (Å²) >= 11 is 8.04. The van der Waals surface area contributed by atoms with Gasteiger partial charge in [0.15, 0.2) is 0 Å². The Hall–Kier alpha value is -1.96. The van der Waals surface area contributed by atoms with Gasteiger partial charge in [-0.25, -0.2) is 0 Å². The molecule has 7 heteroatoms. The second-order valence-electron chi connectivity index (χ2n) is 5.63. The molecule has 25 heavy (non-hydrogen) atoms. The van der Waals surface area contributed by atoms with Crippen molar-refractivity contribution in [3.63, 3.8) is 0 Å². The maximum Gasteiger partial charge on any atom is 0.266 e. The monoisotopic (exact) mass is 388 g/mol. The maximum atomic E-state index is 12.5. The van der Waals surface area contributed by atoms with Gasteiger partial charge in [0.05, 0.1) is 4.91 Å². The predicted octanol–water partition coefficient (Wildman–Crippen LogP) is 4.20. The lowest BCUT2D eigenvalue weighted by atomic mass is 10.1. The predicted molar refractivity (Wildman–Crippen MR) is 109 cm³/mol. The molecule has 2 aromatic rings. The summed E-state index contributed by atoms with van der Waals surface area (Å²) in [5, 5.41) is 4.77. The van der Waals surface area contributed by atoms with E-state index in [0.29, 0.717) is 14.9 Å². The van der Waals surface area contributed by atoms with Crippen molar-refractivity contribution in [1.29, 1.82) is 0 Å². The molecular formula is C18H16N2O2S3. The fourth-order valence-electron chi connectivity index (χ4n) is 2.30. The zero-order chi connectivity index (χ0) is 18.0. The van der Waals surface area contributed by atoms with E-state index in [-0.39, 0.29) is 18.4 Å². The summed E-state index contributed by atoms with van der Waals surface area (Å²) < 4.78 is 0.406. The Kier molecular flexibility index (Phi) is 5.36. The molecule has 1 aromatic carbocycles. The lowest BCUT2D eigenvalue weighted by molar-refractivity contribution is -0.126. The Bertz CT molecular complexity index is 872. The van der Waals surface area contributed by atoms with E-state index in [0.717, 1.165) is 16.0 Å². The molecule has 2 heterocycles.